The number of carbonyl (C=O) groups is 1. The van der Waals surface area contributed by atoms with Crippen molar-refractivity contribution in [2.24, 2.45) is 5.92 Å². The Morgan fingerprint density at radius 3 is 2.28 bits per heavy atom. The minimum absolute atomic E-state index is 0.0599. The number of ether oxygens (including phenoxy) is 1. The number of aromatic carboxylic acids is 1. The fraction of sp³-hybridized carbons (Fsp3) is 0.677. The van der Waals surface area contributed by atoms with Crippen LogP contribution < -0.4 is 31.0 Å². The third-order valence-electron chi connectivity index (χ3n) is 8.91. The van der Waals surface area contributed by atoms with Crippen molar-refractivity contribution >= 4 is 22.6 Å². The monoisotopic (exact) mass is 605 g/mol. The van der Waals surface area contributed by atoms with Crippen molar-refractivity contribution in [3.05, 3.63) is 33.9 Å². The van der Waals surface area contributed by atoms with Gasteiger partial charge in [-0.25, -0.2) is 9.18 Å². The van der Waals surface area contributed by atoms with E-state index in [-0.39, 0.29) is 42.3 Å². The molecule has 0 bridgehead atoms. The van der Waals surface area contributed by atoms with Crippen molar-refractivity contribution in [3.63, 3.8) is 0 Å². The Labute approximate surface area is 252 Å². The highest BCUT2D eigenvalue weighted by molar-refractivity contribution is 5.97. The largest absolute Gasteiger partial charge is 0.492 e. The molecular weight excluding hydrogens is 557 g/mol. The molecule has 12 heteroatoms. The summed E-state index contributed by atoms with van der Waals surface area (Å²) < 4.78 is 22.8. The maximum atomic E-state index is 15.3. The van der Waals surface area contributed by atoms with Crippen LogP contribution in [-0.4, -0.2) is 97.0 Å². The van der Waals surface area contributed by atoms with E-state index >= 15 is 4.39 Å². The van der Waals surface area contributed by atoms with Crippen LogP contribution in [0, 0.1) is 11.7 Å². The van der Waals surface area contributed by atoms with Gasteiger partial charge in [0, 0.05) is 56.5 Å². The smallest absolute Gasteiger partial charge is 0.341 e. The number of aliphatic hydroxyl groups is 2. The van der Waals surface area contributed by atoms with Gasteiger partial charge >= 0.3 is 5.97 Å². The molecule has 11 nitrogen and oxygen atoms in total. The lowest BCUT2D eigenvalue weighted by Gasteiger charge is -2.25. The predicted octanol–water partition coefficient (Wildman–Crippen LogP) is 2.08. The fourth-order valence-corrected chi connectivity index (χ4v) is 6.18. The molecule has 3 heterocycles. The summed E-state index contributed by atoms with van der Waals surface area (Å²) in [7, 11) is 1.48. The molecular formula is C31H48FN5O6. The Morgan fingerprint density at radius 1 is 1.12 bits per heavy atom. The number of fused-ring (bicyclic) bond motifs is 2. The van der Waals surface area contributed by atoms with Gasteiger partial charge in [0.15, 0.2) is 11.6 Å². The normalized spacial score (nSPS) is 21.2. The summed E-state index contributed by atoms with van der Waals surface area (Å²) in [5, 5.41) is 37.3. The van der Waals surface area contributed by atoms with Gasteiger partial charge in [-0.15, -0.1) is 0 Å². The zero-order chi connectivity index (χ0) is 31.1. The average Bonchev–Trinajstić information content (AvgIpc) is 3.77. The number of halogens is 1. The van der Waals surface area contributed by atoms with Gasteiger partial charge in [-0.05, 0) is 57.1 Å². The second-order valence-corrected chi connectivity index (χ2v) is 11.8. The molecule has 0 radical (unpaired) electrons. The Bertz CT molecular complexity index is 1270. The summed E-state index contributed by atoms with van der Waals surface area (Å²) >= 11 is 0. The minimum atomic E-state index is -1.30. The first kappa shape index (κ1) is 33.1. The molecule has 1 aromatic carbocycles. The number of aromatic nitrogens is 1. The van der Waals surface area contributed by atoms with Crippen LogP contribution in [0.2, 0.25) is 0 Å². The number of carboxylic acid groups (broad SMARTS) is 1. The first-order chi connectivity index (χ1) is 20.8. The van der Waals surface area contributed by atoms with Crippen LogP contribution in [0.3, 0.4) is 0 Å². The number of nitrogens with zero attached hydrogens (tertiary/aromatic N) is 2. The maximum Gasteiger partial charge on any atom is 0.341 e. The van der Waals surface area contributed by atoms with Crippen LogP contribution in [0.25, 0.3) is 10.9 Å². The Balaban J connectivity index is 0.000000258. The summed E-state index contributed by atoms with van der Waals surface area (Å²) in [5.41, 5.74) is -0.155. The number of carboxylic acids is 1. The lowest BCUT2D eigenvalue weighted by atomic mass is 9.94. The van der Waals surface area contributed by atoms with Crippen molar-refractivity contribution in [1.82, 2.24) is 20.5 Å². The number of nitrogens with one attached hydrogen (secondary N) is 3. The molecule has 3 aliphatic rings. The predicted molar refractivity (Wildman–Crippen MR) is 165 cm³/mol. The standard InChI is InChI=1S/C21H24FN3O4.C10H24N2O2/c1-29-20-17-13(19(26)14(21(27)28)9-25(17)12-4-5-12)7-15(22)18(20)24-8-11-3-2-6-23-16(11)10-24;1-3-9(7-13)11-5-6-12-10(4-2)8-14/h7,9,11-12,16,23H,2-6,8,10H2,1H3,(H,27,28);9-14H,3-8H2,1-2H3/t11-,16+;9-,10-/m00/s1. The molecule has 0 unspecified atom stereocenters. The molecule has 6 N–H and O–H groups in total. The fourth-order valence-electron chi connectivity index (χ4n) is 6.18. The van der Waals surface area contributed by atoms with Gasteiger partial charge in [-0.2, -0.15) is 0 Å². The van der Waals surface area contributed by atoms with Crippen LogP contribution in [0.15, 0.2) is 17.1 Å². The Kier molecular flexibility index (Phi) is 11.8. The van der Waals surface area contributed by atoms with Gasteiger partial charge in [0.05, 0.1) is 31.2 Å². The molecule has 0 amide bonds. The third kappa shape index (κ3) is 7.66. The van der Waals surface area contributed by atoms with Crippen LogP contribution in [0.5, 0.6) is 5.75 Å². The second-order valence-electron chi connectivity index (χ2n) is 11.8. The van der Waals surface area contributed by atoms with Gasteiger partial charge in [-0.3, -0.25) is 4.79 Å². The molecule has 2 aromatic rings. The zero-order valence-electron chi connectivity index (χ0n) is 25.6. The van der Waals surface area contributed by atoms with Crippen LogP contribution in [0.1, 0.15) is 68.8 Å². The number of hydrogen-bond donors (Lipinski definition) is 6. The van der Waals surface area contributed by atoms with Gasteiger partial charge < -0.3 is 45.5 Å². The van der Waals surface area contributed by atoms with Gasteiger partial charge in [0.2, 0.25) is 5.43 Å². The van der Waals surface area contributed by atoms with Crippen LogP contribution in [0.4, 0.5) is 10.1 Å². The lowest BCUT2D eigenvalue weighted by molar-refractivity contribution is 0.0694. The number of benzene rings is 1. The number of aliphatic hydroxyl groups excluding tert-OH is 2. The van der Waals surface area contributed by atoms with E-state index in [1.165, 1.54) is 19.4 Å². The van der Waals surface area contributed by atoms with E-state index in [2.05, 4.69) is 16.0 Å². The highest BCUT2D eigenvalue weighted by Gasteiger charge is 2.38. The molecule has 1 saturated carbocycles. The van der Waals surface area contributed by atoms with Crippen LogP contribution >= 0.6 is 0 Å². The molecule has 2 aliphatic heterocycles. The zero-order valence-corrected chi connectivity index (χ0v) is 25.6. The molecule has 43 heavy (non-hydrogen) atoms. The first-order valence-corrected chi connectivity index (χ1v) is 15.6. The quantitative estimate of drug-likeness (QED) is 0.188. The van der Waals surface area contributed by atoms with Crippen LogP contribution in [-0.2, 0) is 0 Å². The molecule has 2 saturated heterocycles. The van der Waals surface area contributed by atoms with E-state index in [0.717, 1.165) is 64.7 Å². The molecule has 4 atom stereocenters. The molecule has 1 aliphatic carbocycles. The van der Waals surface area contributed by atoms with E-state index in [9.17, 15) is 14.7 Å². The first-order valence-electron chi connectivity index (χ1n) is 15.6. The number of hydrogen-bond acceptors (Lipinski definition) is 9. The Hall–Kier alpha value is -2.77. The van der Waals surface area contributed by atoms with E-state index in [0.29, 0.717) is 35.5 Å². The maximum absolute atomic E-state index is 15.3. The number of piperidine rings is 1. The van der Waals surface area contributed by atoms with E-state index in [1.807, 2.05) is 18.7 Å². The van der Waals surface area contributed by atoms with E-state index in [1.54, 1.807) is 4.57 Å². The number of pyridine rings is 1. The molecule has 5 rings (SSSR count). The van der Waals surface area contributed by atoms with Crippen molar-refractivity contribution in [1.29, 1.82) is 0 Å². The van der Waals surface area contributed by atoms with E-state index in [4.69, 9.17) is 14.9 Å². The van der Waals surface area contributed by atoms with Gasteiger partial charge in [0.25, 0.3) is 0 Å². The minimum Gasteiger partial charge on any atom is -0.492 e. The van der Waals surface area contributed by atoms with Crippen molar-refractivity contribution in [3.8, 4) is 5.75 Å². The summed E-state index contributed by atoms with van der Waals surface area (Å²) in [5.74, 6) is -1.07. The lowest BCUT2D eigenvalue weighted by Crippen LogP contribution is -2.40. The summed E-state index contributed by atoms with van der Waals surface area (Å²) in [6.45, 7) is 8.52. The molecule has 0 spiro atoms. The molecule has 240 valence electrons. The molecule has 3 fully saturated rings. The number of methoxy groups -OCH3 is 1. The number of rotatable bonds is 13. The summed E-state index contributed by atoms with van der Waals surface area (Å²) in [6.07, 6.45) is 7.28. The highest BCUT2D eigenvalue weighted by Crippen LogP contribution is 2.45. The Morgan fingerprint density at radius 2 is 1.77 bits per heavy atom. The summed E-state index contributed by atoms with van der Waals surface area (Å²) in [4.78, 5) is 26.4. The highest BCUT2D eigenvalue weighted by atomic mass is 19.1. The van der Waals surface area contributed by atoms with Gasteiger partial charge in [0.1, 0.15) is 11.3 Å². The topological polar surface area (TPSA) is 148 Å². The van der Waals surface area contributed by atoms with Crippen molar-refractivity contribution in [2.45, 2.75) is 76.5 Å². The van der Waals surface area contributed by atoms with Crippen molar-refractivity contribution in [2.75, 3.05) is 57.9 Å². The number of anilines is 1. The van der Waals surface area contributed by atoms with E-state index < -0.39 is 17.2 Å². The third-order valence-corrected chi connectivity index (χ3v) is 8.91. The summed E-state index contributed by atoms with van der Waals surface area (Å²) in [6, 6.07) is 2.02. The van der Waals surface area contributed by atoms with Gasteiger partial charge in [-0.1, -0.05) is 13.8 Å². The molecule has 1 aromatic heterocycles. The SMILES string of the molecule is CC[C@@H](CO)NCCN[C@@H](CC)CO.COc1c(N2C[C@@H]3CCCN[C@@H]3C2)c(F)cc2c(=O)c(C(=O)O)cn(C3CC3)c12. The average molecular weight is 606 g/mol. The van der Waals surface area contributed by atoms with Crippen molar-refractivity contribution < 1.29 is 29.2 Å². The second kappa shape index (κ2) is 15.3.